The molecule has 23 heavy (non-hydrogen) atoms. The molecule has 0 radical (unpaired) electrons. The molecule has 0 aromatic carbocycles. The van der Waals surface area contributed by atoms with Crippen LogP contribution >= 0.6 is 11.3 Å². The molecule has 1 aromatic rings. The molecular formula is C16H20N6S. The van der Waals surface area contributed by atoms with E-state index >= 15 is 0 Å². The number of piperazine rings is 1. The number of hydrogen-bond acceptors (Lipinski definition) is 7. The number of hydrogen-bond donors (Lipinski definition) is 1. The van der Waals surface area contributed by atoms with E-state index in [1.165, 1.54) is 0 Å². The number of amidine groups is 2. The lowest BCUT2D eigenvalue weighted by atomic mass is 10.2. The topological polar surface area (TPSA) is 55.6 Å². The summed E-state index contributed by atoms with van der Waals surface area (Å²) in [5.41, 5.74) is 1.00. The van der Waals surface area contributed by atoms with Crippen molar-refractivity contribution in [2.45, 2.75) is 19.4 Å². The Kier molecular flexibility index (Phi) is 3.97. The van der Waals surface area contributed by atoms with E-state index in [-0.39, 0.29) is 6.04 Å². The van der Waals surface area contributed by atoms with Crippen LogP contribution in [0.25, 0.3) is 5.70 Å². The molecule has 6 nitrogen and oxygen atoms in total. The van der Waals surface area contributed by atoms with Crippen LogP contribution in [0.1, 0.15) is 18.2 Å². The van der Waals surface area contributed by atoms with Crippen molar-refractivity contribution in [2.24, 2.45) is 15.1 Å². The van der Waals surface area contributed by atoms with Gasteiger partial charge in [-0.2, -0.15) is 5.10 Å². The van der Waals surface area contributed by atoms with Crippen molar-refractivity contribution >= 4 is 34.9 Å². The lowest BCUT2D eigenvalue weighted by Crippen LogP contribution is -2.52. The first kappa shape index (κ1) is 14.6. The van der Waals surface area contributed by atoms with Crippen molar-refractivity contribution < 1.29 is 0 Å². The molecule has 1 saturated heterocycles. The fourth-order valence-electron chi connectivity index (χ4n) is 2.91. The van der Waals surface area contributed by atoms with Crippen LogP contribution in [-0.2, 0) is 0 Å². The van der Waals surface area contributed by atoms with Crippen molar-refractivity contribution in [3.63, 3.8) is 0 Å². The van der Waals surface area contributed by atoms with Crippen molar-refractivity contribution in [2.75, 3.05) is 26.2 Å². The summed E-state index contributed by atoms with van der Waals surface area (Å²) in [6.07, 6.45) is 4.74. The van der Waals surface area contributed by atoms with Gasteiger partial charge in [-0.05, 0) is 18.4 Å². The number of nitrogens with zero attached hydrogens (tertiary/aromatic N) is 5. The van der Waals surface area contributed by atoms with Crippen LogP contribution in [0.15, 0.2) is 38.8 Å². The van der Waals surface area contributed by atoms with Gasteiger partial charge in [-0.3, -0.25) is 4.99 Å². The molecule has 1 fully saturated rings. The summed E-state index contributed by atoms with van der Waals surface area (Å²) < 4.78 is 0. The fraction of sp³-hybridized carbons (Fsp3) is 0.438. The van der Waals surface area contributed by atoms with Crippen LogP contribution in [0.4, 0.5) is 0 Å². The summed E-state index contributed by atoms with van der Waals surface area (Å²) >= 11 is 1.70. The van der Waals surface area contributed by atoms with E-state index in [9.17, 15) is 0 Å². The van der Waals surface area contributed by atoms with Crippen molar-refractivity contribution in [3.05, 3.63) is 28.6 Å². The first-order valence-electron chi connectivity index (χ1n) is 8.01. The summed E-state index contributed by atoms with van der Waals surface area (Å²) in [5.74, 6) is 1.82. The summed E-state index contributed by atoms with van der Waals surface area (Å²) in [6.45, 7) is 5.98. The Balaban J connectivity index is 1.77. The standard InChI is InChI=1S/C16H20N6S/c1-12-4-5-19-22-13(14-3-2-10-23-14)11-18-15(16(22)20-12)21-8-6-17-7-9-21/h2-3,5,10-12,17H,4,6-9H2,1H3. The molecule has 7 heteroatoms. The zero-order chi connectivity index (χ0) is 15.6. The van der Waals surface area contributed by atoms with Crippen LogP contribution < -0.4 is 5.32 Å². The van der Waals surface area contributed by atoms with Gasteiger partial charge >= 0.3 is 0 Å². The minimum Gasteiger partial charge on any atom is -0.351 e. The number of hydrazone groups is 1. The third-order valence-corrected chi connectivity index (χ3v) is 5.01. The van der Waals surface area contributed by atoms with Crippen LogP contribution in [0.2, 0.25) is 0 Å². The highest BCUT2D eigenvalue weighted by Gasteiger charge is 2.31. The fourth-order valence-corrected chi connectivity index (χ4v) is 3.63. The van der Waals surface area contributed by atoms with E-state index in [1.807, 2.05) is 17.4 Å². The monoisotopic (exact) mass is 328 g/mol. The smallest absolute Gasteiger partial charge is 0.193 e. The highest BCUT2D eigenvalue weighted by molar-refractivity contribution is 7.11. The zero-order valence-corrected chi connectivity index (χ0v) is 14.0. The third-order valence-electron chi connectivity index (χ3n) is 4.11. The lowest BCUT2D eigenvalue weighted by Gasteiger charge is -2.35. The molecule has 1 N–H and O–H groups in total. The molecule has 0 spiro atoms. The van der Waals surface area contributed by atoms with Crippen molar-refractivity contribution in [1.29, 1.82) is 0 Å². The highest BCUT2D eigenvalue weighted by atomic mass is 32.1. The Morgan fingerprint density at radius 2 is 2.13 bits per heavy atom. The largest absolute Gasteiger partial charge is 0.351 e. The Morgan fingerprint density at radius 3 is 2.91 bits per heavy atom. The summed E-state index contributed by atoms with van der Waals surface area (Å²) in [6, 6.07) is 4.37. The van der Waals surface area contributed by atoms with Crippen LogP contribution in [0.5, 0.6) is 0 Å². The maximum absolute atomic E-state index is 4.90. The number of thiophene rings is 1. The van der Waals surface area contributed by atoms with Gasteiger partial charge in [-0.1, -0.05) is 6.07 Å². The summed E-state index contributed by atoms with van der Waals surface area (Å²) in [4.78, 5) is 13.1. The van der Waals surface area contributed by atoms with Gasteiger partial charge in [0.15, 0.2) is 11.7 Å². The Bertz CT molecular complexity index is 681. The maximum Gasteiger partial charge on any atom is 0.193 e. The Morgan fingerprint density at radius 1 is 1.26 bits per heavy atom. The van der Waals surface area contributed by atoms with Gasteiger partial charge in [0.05, 0.1) is 17.1 Å². The summed E-state index contributed by atoms with van der Waals surface area (Å²) in [5, 5.41) is 12.1. The first-order chi connectivity index (χ1) is 11.3. The molecule has 0 amide bonds. The van der Waals surface area contributed by atoms with Gasteiger partial charge in [0.2, 0.25) is 0 Å². The molecule has 1 unspecified atom stereocenters. The molecule has 3 aliphatic heterocycles. The molecule has 0 aliphatic carbocycles. The quantitative estimate of drug-likeness (QED) is 0.856. The van der Waals surface area contributed by atoms with Gasteiger partial charge in [0.25, 0.3) is 0 Å². The molecule has 1 aromatic heterocycles. The molecule has 120 valence electrons. The summed E-state index contributed by atoms with van der Waals surface area (Å²) in [7, 11) is 0. The van der Waals surface area contributed by atoms with Gasteiger partial charge < -0.3 is 10.2 Å². The molecule has 4 heterocycles. The number of aliphatic imine (C=N–C) groups is 2. The second kappa shape index (κ2) is 6.25. The number of rotatable bonds is 1. The van der Waals surface area contributed by atoms with E-state index in [0.29, 0.717) is 0 Å². The maximum atomic E-state index is 4.90. The van der Waals surface area contributed by atoms with E-state index in [0.717, 1.165) is 54.8 Å². The minimum atomic E-state index is 0.217. The second-order valence-corrected chi connectivity index (χ2v) is 6.78. The average Bonchev–Trinajstić information content (AvgIpc) is 3.03. The molecular weight excluding hydrogens is 308 g/mol. The normalized spacial score (nSPS) is 24.6. The molecule has 0 saturated carbocycles. The zero-order valence-electron chi connectivity index (χ0n) is 13.1. The average molecular weight is 328 g/mol. The van der Waals surface area contributed by atoms with E-state index in [4.69, 9.17) is 9.98 Å². The van der Waals surface area contributed by atoms with E-state index in [1.54, 1.807) is 11.3 Å². The van der Waals surface area contributed by atoms with E-state index < -0.39 is 0 Å². The van der Waals surface area contributed by atoms with Gasteiger partial charge in [-0.15, -0.1) is 11.3 Å². The third kappa shape index (κ3) is 2.82. The first-order valence-corrected chi connectivity index (χ1v) is 8.89. The van der Waals surface area contributed by atoms with Gasteiger partial charge in [0.1, 0.15) is 5.70 Å². The molecule has 0 bridgehead atoms. The van der Waals surface area contributed by atoms with E-state index in [2.05, 4.69) is 39.8 Å². The minimum absolute atomic E-state index is 0.217. The SMILES string of the molecule is CC1CC=NN2C(c3cccs3)=CN=C(N3CCNCC3)C2=N1. The van der Waals surface area contributed by atoms with Gasteiger partial charge in [0, 0.05) is 38.8 Å². The Hall–Kier alpha value is -1.99. The molecule has 3 aliphatic rings. The number of nitrogens with one attached hydrogen (secondary N) is 1. The lowest BCUT2D eigenvalue weighted by molar-refractivity contribution is 0.358. The second-order valence-electron chi connectivity index (χ2n) is 5.83. The van der Waals surface area contributed by atoms with Gasteiger partial charge in [-0.25, -0.2) is 10.0 Å². The molecule has 1 atom stereocenters. The van der Waals surface area contributed by atoms with Crippen molar-refractivity contribution in [1.82, 2.24) is 15.2 Å². The molecule has 4 rings (SSSR count). The van der Waals surface area contributed by atoms with Crippen molar-refractivity contribution in [3.8, 4) is 0 Å². The van der Waals surface area contributed by atoms with Crippen LogP contribution in [0.3, 0.4) is 0 Å². The predicted molar refractivity (Wildman–Crippen MR) is 96.0 cm³/mol. The highest BCUT2D eigenvalue weighted by Crippen LogP contribution is 2.29. The predicted octanol–water partition coefficient (Wildman–Crippen LogP) is 1.84. The Labute approximate surface area is 139 Å². The van der Waals surface area contributed by atoms with Crippen LogP contribution in [-0.4, -0.2) is 60.0 Å². The van der Waals surface area contributed by atoms with Crippen LogP contribution in [0, 0.1) is 0 Å². The number of fused-ring (bicyclic) bond motifs is 1.